The van der Waals surface area contributed by atoms with Gasteiger partial charge < -0.3 is 20.6 Å². The molecule has 9 heteroatoms. The molecule has 1 spiro atoms. The van der Waals surface area contributed by atoms with Gasteiger partial charge in [0.05, 0.1) is 11.8 Å². The monoisotopic (exact) mass is 521 g/mol. The van der Waals surface area contributed by atoms with Crippen molar-refractivity contribution in [3.63, 3.8) is 0 Å². The molecule has 1 aromatic carbocycles. The summed E-state index contributed by atoms with van der Waals surface area (Å²) in [6, 6.07) is 4.70. The van der Waals surface area contributed by atoms with Gasteiger partial charge in [0.15, 0.2) is 0 Å². The summed E-state index contributed by atoms with van der Waals surface area (Å²) in [7, 11) is 0. The second-order valence-electron chi connectivity index (χ2n) is 10.1. The average Bonchev–Trinajstić information content (AvgIpc) is 3.45. The molecule has 1 aliphatic heterocycles. The van der Waals surface area contributed by atoms with Crippen molar-refractivity contribution in [3.8, 4) is 0 Å². The smallest absolute Gasteiger partial charge is 0.407 e. The summed E-state index contributed by atoms with van der Waals surface area (Å²) in [6.07, 6.45) is 4.35. The highest BCUT2D eigenvalue weighted by molar-refractivity contribution is 9.10. The first kappa shape index (κ1) is 22.6. The molecule has 3 aliphatic carbocycles. The number of nitrogens with one attached hydrogen (secondary N) is 2. The summed E-state index contributed by atoms with van der Waals surface area (Å²) in [4.78, 5) is 39.3. The maximum atomic E-state index is 14.2. The van der Waals surface area contributed by atoms with Crippen LogP contribution in [0.4, 0.5) is 9.18 Å². The van der Waals surface area contributed by atoms with Crippen molar-refractivity contribution in [2.75, 3.05) is 13.1 Å². The van der Waals surface area contributed by atoms with Crippen LogP contribution in [-0.4, -0.2) is 47.0 Å². The Morgan fingerprint density at radius 2 is 1.70 bits per heavy atom. The van der Waals surface area contributed by atoms with Crippen LogP contribution in [0.2, 0.25) is 0 Å². The van der Waals surface area contributed by atoms with Gasteiger partial charge in [0, 0.05) is 35.7 Å². The van der Waals surface area contributed by atoms with Crippen LogP contribution in [0.1, 0.15) is 44.1 Å². The Bertz CT molecular complexity index is 976. The van der Waals surface area contributed by atoms with Crippen LogP contribution >= 0.6 is 15.9 Å². The van der Waals surface area contributed by atoms with Crippen LogP contribution in [0.5, 0.6) is 0 Å². The zero-order chi connectivity index (χ0) is 23.3. The Hall–Kier alpha value is -2.16. The molecule has 4 aliphatic rings. The number of carbonyl (C=O) groups is 3. The third kappa shape index (κ3) is 4.02. The first-order valence-corrected chi connectivity index (χ1v) is 12.6. The fourth-order valence-electron chi connectivity index (χ4n) is 6.84. The van der Waals surface area contributed by atoms with Crippen molar-refractivity contribution < 1.29 is 23.9 Å². The molecule has 1 aromatic rings. The van der Waals surface area contributed by atoms with Crippen LogP contribution in [0, 0.1) is 34.9 Å². The van der Waals surface area contributed by atoms with Crippen LogP contribution in [-0.2, 0) is 16.1 Å². The highest BCUT2D eigenvalue weighted by Gasteiger charge is 2.71. The number of benzene rings is 1. The first-order valence-electron chi connectivity index (χ1n) is 11.8. The maximum Gasteiger partial charge on any atom is 0.407 e. The Morgan fingerprint density at radius 1 is 1.06 bits per heavy atom. The van der Waals surface area contributed by atoms with Crippen molar-refractivity contribution in [1.29, 1.82) is 0 Å². The Labute approximate surface area is 200 Å². The van der Waals surface area contributed by atoms with E-state index in [0.29, 0.717) is 36.0 Å². The average molecular weight is 522 g/mol. The van der Waals surface area contributed by atoms with Crippen LogP contribution in [0.3, 0.4) is 0 Å². The number of carboxylic acid groups (broad SMARTS) is 1. The predicted molar refractivity (Wildman–Crippen MR) is 122 cm³/mol. The zero-order valence-electron chi connectivity index (χ0n) is 18.4. The van der Waals surface area contributed by atoms with E-state index < -0.39 is 6.09 Å². The summed E-state index contributed by atoms with van der Waals surface area (Å²) >= 11 is 3.24. The molecule has 7 nitrogen and oxygen atoms in total. The summed E-state index contributed by atoms with van der Waals surface area (Å²) in [5.41, 5.74) is 0.543. The largest absolute Gasteiger partial charge is 0.465 e. The van der Waals surface area contributed by atoms with E-state index in [1.165, 1.54) is 11.0 Å². The number of amides is 3. The van der Waals surface area contributed by atoms with Gasteiger partial charge in [-0.15, -0.1) is 0 Å². The molecular weight excluding hydrogens is 493 g/mol. The van der Waals surface area contributed by atoms with Crippen LogP contribution in [0.15, 0.2) is 22.7 Å². The number of piperidine rings is 1. The molecule has 3 N–H and O–H groups in total. The lowest BCUT2D eigenvalue weighted by molar-refractivity contribution is -0.137. The Morgan fingerprint density at radius 3 is 2.27 bits per heavy atom. The first-order chi connectivity index (χ1) is 15.8. The van der Waals surface area contributed by atoms with E-state index in [9.17, 15) is 18.8 Å². The van der Waals surface area contributed by atoms with E-state index in [-0.39, 0.29) is 59.3 Å². The van der Waals surface area contributed by atoms with Gasteiger partial charge in [-0.05, 0) is 67.9 Å². The molecule has 0 aromatic heterocycles. The molecule has 2 bridgehead atoms. The molecule has 1 heterocycles. The Kier molecular flexibility index (Phi) is 5.87. The molecule has 0 radical (unpaired) electrons. The lowest BCUT2D eigenvalue weighted by Gasteiger charge is -2.34. The highest BCUT2D eigenvalue weighted by Crippen LogP contribution is 2.74. The highest BCUT2D eigenvalue weighted by atomic mass is 79.9. The van der Waals surface area contributed by atoms with Crippen LogP contribution in [0.25, 0.3) is 0 Å². The number of likely N-dealkylation sites (tertiary alicyclic amines) is 1. The molecule has 3 amide bonds. The van der Waals surface area contributed by atoms with Gasteiger partial charge in [0.1, 0.15) is 5.82 Å². The summed E-state index contributed by atoms with van der Waals surface area (Å²) in [5, 5.41) is 15.2. The number of halogens is 2. The summed E-state index contributed by atoms with van der Waals surface area (Å²) < 4.78 is 14.9. The van der Waals surface area contributed by atoms with Crippen molar-refractivity contribution in [1.82, 2.24) is 15.5 Å². The third-order valence-corrected chi connectivity index (χ3v) is 9.03. The maximum absolute atomic E-state index is 14.2. The van der Waals surface area contributed by atoms with Gasteiger partial charge >= 0.3 is 6.09 Å². The van der Waals surface area contributed by atoms with E-state index >= 15 is 0 Å². The van der Waals surface area contributed by atoms with Gasteiger partial charge in [-0.25, -0.2) is 9.18 Å². The zero-order valence-corrected chi connectivity index (χ0v) is 19.9. The van der Waals surface area contributed by atoms with E-state index in [0.717, 1.165) is 25.7 Å². The fraction of sp³-hybridized carbons (Fsp3) is 0.625. The van der Waals surface area contributed by atoms with Gasteiger partial charge in [-0.1, -0.05) is 22.0 Å². The standard InChI is InChI=1S/C24H29BrFN3O4/c25-14-2-1-13(18(26)11-14)12-27-21(30)19-16-3-4-17(24(16)7-8-24)20(19)22(31)28-15-5-9-29(10-6-15)23(32)33/h1-2,11,15-17,19-20H,3-10,12H2,(H,27,30)(H,28,31)(H,32,33)/t16-,17+,19+,20+/m0/s1. The number of rotatable bonds is 5. The quantitative estimate of drug-likeness (QED) is 0.551. The molecule has 4 fully saturated rings. The van der Waals surface area contributed by atoms with Gasteiger partial charge in [-0.2, -0.15) is 0 Å². The minimum atomic E-state index is -0.928. The summed E-state index contributed by atoms with van der Waals surface area (Å²) in [6.45, 7) is 0.911. The normalized spacial score (nSPS) is 29.8. The molecule has 4 atom stereocenters. The lowest BCUT2D eigenvalue weighted by Crippen LogP contribution is -2.50. The third-order valence-electron chi connectivity index (χ3n) is 8.53. The molecule has 178 valence electrons. The van der Waals surface area contributed by atoms with E-state index in [2.05, 4.69) is 26.6 Å². The molecule has 0 unspecified atom stereocenters. The van der Waals surface area contributed by atoms with Crippen molar-refractivity contribution >= 4 is 33.8 Å². The lowest BCUT2D eigenvalue weighted by atomic mass is 9.78. The van der Waals surface area contributed by atoms with E-state index in [4.69, 9.17) is 5.11 Å². The topological polar surface area (TPSA) is 98.7 Å². The van der Waals surface area contributed by atoms with Gasteiger partial charge in [0.2, 0.25) is 11.8 Å². The van der Waals surface area contributed by atoms with E-state index in [1.54, 1.807) is 12.1 Å². The Balaban J connectivity index is 1.27. The van der Waals surface area contributed by atoms with Crippen molar-refractivity contribution in [2.24, 2.45) is 29.1 Å². The van der Waals surface area contributed by atoms with Gasteiger partial charge in [0.25, 0.3) is 0 Å². The fourth-order valence-corrected chi connectivity index (χ4v) is 7.17. The SMILES string of the molecule is O=C(NC1CCN(C(=O)O)CC1)[C@H]1[C@H](C(=O)NCc2ccc(Br)cc2F)[C@@H]2CC[C@H]1C21CC1. The van der Waals surface area contributed by atoms with Crippen molar-refractivity contribution in [3.05, 3.63) is 34.1 Å². The molecule has 33 heavy (non-hydrogen) atoms. The number of nitrogens with zero attached hydrogens (tertiary/aromatic N) is 1. The minimum absolute atomic E-state index is 0.0667. The molecule has 1 saturated heterocycles. The molecule has 3 saturated carbocycles. The summed E-state index contributed by atoms with van der Waals surface area (Å²) in [5.74, 6) is -0.918. The van der Waals surface area contributed by atoms with E-state index in [1.807, 2.05) is 0 Å². The minimum Gasteiger partial charge on any atom is -0.465 e. The predicted octanol–water partition coefficient (Wildman–Crippen LogP) is 3.52. The molecular formula is C24H29BrFN3O4. The second-order valence-corrected chi connectivity index (χ2v) is 11.0. The second kappa shape index (κ2) is 8.56. The van der Waals surface area contributed by atoms with Crippen LogP contribution < -0.4 is 10.6 Å². The number of hydrogen-bond donors (Lipinski definition) is 3. The number of carbonyl (C=O) groups excluding carboxylic acids is 2. The van der Waals surface area contributed by atoms with Gasteiger partial charge in [-0.3, -0.25) is 9.59 Å². The molecule has 5 rings (SSSR count). The number of hydrogen-bond acceptors (Lipinski definition) is 3. The van der Waals surface area contributed by atoms with Crippen molar-refractivity contribution in [2.45, 2.75) is 51.1 Å².